The molecule has 1 saturated carbocycles. The summed E-state index contributed by atoms with van der Waals surface area (Å²) in [5.74, 6) is 2.30. The van der Waals surface area contributed by atoms with E-state index < -0.39 is 0 Å². The number of aromatic nitrogens is 3. The van der Waals surface area contributed by atoms with Crippen molar-refractivity contribution in [1.29, 1.82) is 0 Å². The summed E-state index contributed by atoms with van der Waals surface area (Å²) in [5, 5.41) is 5.24. The van der Waals surface area contributed by atoms with E-state index >= 15 is 0 Å². The van der Waals surface area contributed by atoms with Crippen LogP contribution in [0.4, 0.5) is 0 Å². The van der Waals surface area contributed by atoms with Crippen LogP contribution in [0.1, 0.15) is 65.9 Å². The highest BCUT2D eigenvalue weighted by molar-refractivity contribution is 7.20. The number of fused-ring (bicyclic) bond motifs is 2. The van der Waals surface area contributed by atoms with Crippen LogP contribution in [0.25, 0.3) is 15.3 Å². The molecule has 2 atom stereocenters. The molecule has 4 nitrogen and oxygen atoms in total. The smallest absolute Gasteiger partial charge is 0.211 e. The second-order valence-electron chi connectivity index (χ2n) is 9.38. The number of hydrogen-bond donors (Lipinski definition) is 0. The van der Waals surface area contributed by atoms with Crippen molar-refractivity contribution < 1.29 is 4.79 Å². The minimum absolute atomic E-state index is 0.199. The molecule has 2 aromatic carbocycles. The monoisotopic (exact) mass is 441 g/mol. The molecule has 0 spiro atoms. The van der Waals surface area contributed by atoms with Gasteiger partial charge in [0, 0.05) is 12.6 Å². The second kappa shape index (κ2) is 8.28. The lowest BCUT2D eigenvalue weighted by molar-refractivity contribution is 0.0969. The van der Waals surface area contributed by atoms with Gasteiger partial charge in [0.25, 0.3) is 0 Å². The van der Waals surface area contributed by atoms with Crippen LogP contribution < -0.4 is 0 Å². The van der Waals surface area contributed by atoms with Gasteiger partial charge in [-0.25, -0.2) is 9.67 Å². The SMILES string of the molecule is O=C(CCC(CC1CC1)[C@@H]1CCc2ccccc21)c1cnn(-c2nc3ccccc3s2)c1. The first-order valence-electron chi connectivity index (χ1n) is 11.8. The molecule has 2 aliphatic rings. The van der Waals surface area contributed by atoms with Crippen LogP contribution in [0.5, 0.6) is 0 Å². The molecule has 2 heterocycles. The van der Waals surface area contributed by atoms with Crippen molar-refractivity contribution in [2.75, 3.05) is 0 Å². The molecule has 0 bridgehead atoms. The van der Waals surface area contributed by atoms with Gasteiger partial charge < -0.3 is 0 Å². The number of ketones is 1. The molecule has 0 saturated heterocycles. The van der Waals surface area contributed by atoms with E-state index in [1.807, 2.05) is 24.4 Å². The van der Waals surface area contributed by atoms with E-state index in [0.29, 0.717) is 23.8 Å². The summed E-state index contributed by atoms with van der Waals surface area (Å²) in [7, 11) is 0. The Kier molecular flexibility index (Phi) is 5.14. The molecule has 0 N–H and O–H groups in total. The first kappa shape index (κ1) is 19.9. The third kappa shape index (κ3) is 3.90. The largest absolute Gasteiger partial charge is 0.294 e. The van der Waals surface area contributed by atoms with Gasteiger partial charge in [-0.3, -0.25) is 4.79 Å². The Bertz CT molecular complexity index is 1240. The molecule has 1 unspecified atom stereocenters. The van der Waals surface area contributed by atoms with E-state index in [4.69, 9.17) is 0 Å². The zero-order chi connectivity index (χ0) is 21.5. The Morgan fingerprint density at radius 2 is 1.94 bits per heavy atom. The van der Waals surface area contributed by atoms with E-state index in [9.17, 15) is 4.79 Å². The zero-order valence-corrected chi connectivity index (χ0v) is 18.9. The summed E-state index contributed by atoms with van der Waals surface area (Å²) >= 11 is 1.60. The number of carbonyl (C=O) groups is 1. The van der Waals surface area contributed by atoms with E-state index in [1.165, 1.54) is 43.2 Å². The lowest BCUT2D eigenvalue weighted by Gasteiger charge is -2.24. The lowest BCUT2D eigenvalue weighted by atomic mass is 9.80. The molecule has 6 rings (SSSR count). The maximum Gasteiger partial charge on any atom is 0.211 e. The fraction of sp³-hybridized carbons (Fsp3) is 0.370. The first-order valence-corrected chi connectivity index (χ1v) is 12.6. The van der Waals surface area contributed by atoms with Crippen LogP contribution in [0.15, 0.2) is 60.9 Å². The minimum Gasteiger partial charge on any atom is -0.294 e. The molecule has 0 amide bonds. The Balaban J connectivity index is 1.16. The minimum atomic E-state index is 0.199. The van der Waals surface area contributed by atoms with Gasteiger partial charge >= 0.3 is 0 Å². The zero-order valence-electron chi connectivity index (χ0n) is 18.1. The number of hydrogen-bond acceptors (Lipinski definition) is 4. The maximum absolute atomic E-state index is 13.1. The van der Waals surface area contributed by atoms with E-state index in [2.05, 4.69) is 40.4 Å². The number of nitrogens with zero attached hydrogens (tertiary/aromatic N) is 3. The van der Waals surface area contributed by atoms with Gasteiger partial charge in [0.15, 0.2) is 5.78 Å². The first-order chi connectivity index (χ1) is 15.7. The van der Waals surface area contributed by atoms with Crippen molar-refractivity contribution in [2.24, 2.45) is 11.8 Å². The number of thiazole rings is 1. The van der Waals surface area contributed by atoms with Crippen LogP contribution in [0.3, 0.4) is 0 Å². The van der Waals surface area contributed by atoms with E-state index in [0.717, 1.165) is 27.7 Å². The van der Waals surface area contributed by atoms with Crippen molar-refractivity contribution in [3.8, 4) is 5.13 Å². The van der Waals surface area contributed by atoms with E-state index in [1.54, 1.807) is 22.2 Å². The maximum atomic E-state index is 13.1. The quantitative estimate of drug-likeness (QED) is 0.290. The Morgan fingerprint density at radius 1 is 1.09 bits per heavy atom. The second-order valence-corrected chi connectivity index (χ2v) is 10.4. The Hall–Kier alpha value is -2.79. The van der Waals surface area contributed by atoms with Crippen LogP contribution in [0.2, 0.25) is 0 Å². The van der Waals surface area contributed by atoms with Crippen LogP contribution in [0, 0.1) is 11.8 Å². The number of para-hydroxylation sites is 1. The molecule has 32 heavy (non-hydrogen) atoms. The number of aryl methyl sites for hydroxylation is 1. The van der Waals surface area contributed by atoms with Gasteiger partial charge in [-0.1, -0.05) is 60.6 Å². The topological polar surface area (TPSA) is 47.8 Å². The summed E-state index contributed by atoms with van der Waals surface area (Å²) in [6.45, 7) is 0. The molecule has 2 aliphatic carbocycles. The fourth-order valence-electron chi connectivity index (χ4n) is 5.34. The summed E-state index contributed by atoms with van der Waals surface area (Å²) < 4.78 is 2.87. The highest BCUT2D eigenvalue weighted by atomic mass is 32.1. The summed E-state index contributed by atoms with van der Waals surface area (Å²) in [4.78, 5) is 17.7. The molecule has 0 aliphatic heterocycles. The van der Waals surface area contributed by atoms with Gasteiger partial charge in [-0.15, -0.1) is 0 Å². The van der Waals surface area contributed by atoms with Gasteiger partial charge in [-0.2, -0.15) is 5.10 Å². The normalized spacial score (nSPS) is 18.7. The Morgan fingerprint density at radius 3 is 2.81 bits per heavy atom. The number of Topliss-reactive ketones (excluding diaryl/α,β-unsaturated/α-hetero) is 1. The van der Waals surface area contributed by atoms with Crippen molar-refractivity contribution >= 4 is 27.3 Å². The number of benzene rings is 2. The van der Waals surface area contributed by atoms with Crippen LogP contribution >= 0.6 is 11.3 Å². The lowest BCUT2D eigenvalue weighted by Crippen LogP contribution is -2.14. The summed E-state index contributed by atoms with van der Waals surface area (Å²) in [6.07, 6.45) is 11.6. The highest BCUT2D eigenvalue weighted by Gasteiger charge is 2.34. The van der Waals surface area contributed by atoms with Gasteiger partial charge in [-0.05, 0) is 66.7 Å². The van der Waals surface area contributed by atoms with Gasteiger partial charge in [0.2, 0.25) is 5.13 Å². The van der Waals surface area contributed by atoms with Crippen molar-refractivity contribution in [1.82, 2.24) is 14.8 Å². The van der Waals surface area contributed by atoms with Crippen LogP contribution in [-0.2, 0) is 6.42 Å². The fourth-order valence-corrected chi connectivity index (χ4v) is 6.23. The summed E-state index contributed by atoms with van der Waals surface area (Å²) in [6, 6.07) is 17.0. The molecule has 4 aromatic rings. The average Bonchev–Trinajstić information content (AvgIpc) is 3.22. The van der Waals surface area contributed by atoms with Crippen LogP contribution in [-0.4, -0.2) is 20.5 Å². The summed E-state index contributed by atoms with van der Waals surface area (Å²) in [5.41, 5.74) is 4.72. The molecule has 162 valence electrons. The highest BCUT2D eigenvalue weighted by Crippen LogP contribution is 2.46. The molecule has 0 radical (unpaired) electrons. The third-order valence-corrected chi connectivity index (χ3v) is 8.23. The molecule has 1 fully saturated rings. The Labute approximate surface area is 192 Å². The molecule has 5 heteroatoms. The molecular weight excluding hydrogens is 414 g/mol. The van der Waals surface area contributed by atoms with Crippen molar-refractivity contribution in [3.63, 3.8) is 0 Å². The number of carbonyl (C=O) groups excluding carboxylic acids is 1. The average molecular weight is 442 g/mol. The molecule has 2 aromatic heterocycles. The standard InChI is InChI=1S/C27H27N3OS/c31-25(21-16-28-30(17-21)27-29-24-7-3-4-8-26(24)32-27)14-12-20(15-18-9-10-18)23-13-11-19-5-1-2-6-22(19)23/h1-8,16-18,20,23H,9-15H2/t20?,23-/m0/s1. The van der Waals surface area contributed by atoms with Gasteiger partial charge in [0.05, 0.1) is 22.0 Å². The predicted molar refractivity (Wildman–Crippen MR) is 129 cm³/mol. The molecular formula is C27H27N3OS. The third-order valence-electron chi connectivity index (χ3n) is 7.21. The van der Waals surface area contributed by atoms with Crippen molar-refractivity contribution in [3.05, 3.63) is 77.6 Å². The predicted octanol–water partition coefficient (Wildman–Crippen LogP) is 6.59. The number of rotatable bonds is 8. The van der Waals surface area contributed by atoms with E-state index in [-0.39, 0.29) is 5.78 Å². The van der Waals surface area contributed by atoms with Crippen molar-refractivity contribution in [2.45, 2.75) is 50.9 Å². The van der Waals surface area contributed by atoms with Gasteiger partial charge in [0.1, 0.15) is 0 Å².